The summed E-state index contributed by atoms with van der Waals surface area (Å²) in [6.45, 7) is 4.04. The maximum atomic E-state index is 5.57. The van der Waals surface area contributed by atoms with Crippen molar-refractivity contribution in [1.29, 1.82) is 0 Å². The van der Waals surface area contributed by atoms with Crippen LogP contribution in [0.5, 0.6) is 0 Å². The van der Waals surface area contributed by atoms with Crippen LogP contribution in [-0.4, -0.2) is 9.97 Å². The zero-order valence-corrected chi connectivity index (χ0v) is 7.61. The van der Waals surface area contributed by atoms with Crippen LogP contribution in [0, 0.1) is 0 Å². The van der Waals surface area contributed by atoms with Crippen molar-refractivity contribution in [3.8, 4) is 0 Å². The molecule has 0 amide bonds. The largest absolute Gasteiger partial charge is 0.422 e. The molecule has 2 rings (SSSR count). The fourth-order valence-electron chi connectivity index (χ4n) is 1.10. The summed E-state index contributed by atoms with van der Waals surface area (Å²) in [6.07, 6.45) is 1.57. The van der Waals surface area contributed by atoms with Gasteiger partial charge in [0, 0.05) is 5.92 Å². The molecule has 0 atom stereocenters. The number of nitrogens with zero attached hydrogens (tertiary/aromatic N) is 2. The van der Waals surface area contributed by atoms with E-state index in [9.17, 15) is 0 Å². The van der Waals surface area contributed by atoms with E-state index in [-0.39, 0.29) is 5.92 Å². The molecule has 0 saturated heterocycles. The normalized spacial score (nSPS) is 11.3. The molecule has 2 N–H and O–H groups in total. The molecule has 0 fully saturated rings. The Hall–Kier alpha value is -1.58. The molecule has 2 aromatic heterocycles. The second kappa shape index (κ2) is 2.73. The molecule has 0 aliphatic rings. The number of hydrogen-bond donors (Lipinski definition) is 1. The van der Waals surface area contributed by atoms with Gasteiger partial charge in [-0.05, 0) is 6.07 Å². The van der Waals surface area contributed by atoms with E-state index in [1.54, 1.807) is 12.3 Å². The average Bonchev–Trinajstić information content (AvgIpc) is 2.46. The van der Waals surface area contributed by atoms with Crippen molar-refractivity contribution in [2.45, 2.75) is 19.8 Å². The molecule has 0 bridgehead atoms. The zero-order chi connectivity index (χ0) is 9.42. The molecular formula is C9H11N3O. The van der Waals surface area contributed by atoms with E-state index in [2.05, 4.69) is 9.97 Å². The van der Waals surface area contributed by atoms with Crippen molar-refractivity contribution in [2.24, 2.45) is 0 Å². The van der Waals surface area contributed by atoms with Gasteiger partial charge in [-0.25, -0.2) is 9.97 Å². The lowest BCUT2D eigenvalue weighted by atomic mass is 10.2. The number of pyridine rings is 1. The number of aromatic nitrogens is 2. The van der Waals surface area contributed by atoms with Gasteiger partial charge in [0.15, 0.2) is 5.89 Å². The summed E-state index contributed by atoms with van der Waals surface area (Å²) in [4.78, 5) is 8.29. The standard InChI is InChI=1S/C9H11N3O/c1-5(2)8-12-7-3-6(10)4-11-9(7)13-8/h3-5H,10H2,1-2H3. The van der Waals surface area contributed by atoms with E-state index in [1.807, 2.05) is 13.8 Å². The Morgan fingerprint density at radius 3 is 2.92 bits per heavy atom. The van der Waals surface area contributed by atoms with Crippen LogP contribution in [0.25, 0.3) is 11.2 Å². The number of anilines is 1. The molecule has 13 heavy (non-hydrogen) atoms. The van der Waals surface area contributed by atoms with Crippen molar-refractivity contribution in [3.63, 3.8) is 0 Å². The summed E-state index contributed by atoms with van der Waals surface area (Å²) >= 11 is 0. The number of rotatable bonds is 1. The van der Waals surface area contributed by atoms with Crippen LogP contribution >= 0.6 is 0 Å². The minimum absolute atomic E-state index is 0.274. The fraction of sp³-hybridized carbons (Fsp3) is 0.333. The SMILES string of the molecule is CC(C)c1nc2cc(N)cnc2o1. The molecule has 0 aliphatic heterocycles. The van der Waals surface area contributed by atoms with Gasteiger partial charge in [0.25, 0.3) is 0 Å². The van der Waals surface area contributed by atoms with Crippen molar-refractivity contribution in [1.82, 2.24) is 9.97 Å². The van der Waals surface area contributed by atoms with Gasteiger partial charge in [0.05, 0.1) is 11.9 Å². The Labute approximate surface area is 75.8 Å². The van der Waals surface area contributed by atoms with E-state index >= 15 is 0 Å². The first-order valence-electron chi connectivity index (χ1n) is 4.19. The molecular weight excluding hydrogens is 166 g/mol. The van der Waals surface area contributed by atoms with Crippen LogP contribution in [0.2, 0.25) is 0 Å². The number of nitrogens with two attached hydrogens (primary N) is 1. The van der Waals surface area contributed by atoms with Gasteiger partial charge in [0.2, 0.25) is 5.71 Å². The maximum absolute atomic E-state index is 5.57. The van der Waals surface area contributed by atoms with Crippen LogP contribution < -0.4 is 5.73 Å². The summed E-state index contributed by atoms with van der Waals surface area (Å²) in [5.41, 5.74) is 7.45. The summed E-state index contributed by atoms with van der Waals surface area (Å²) in [6, 6.07) is 1.76. The van der Waals surface area contributed by atoms with E-state index < -0.39 is 0 Å². The van der Waals surface area contributed by atoms with Gasteiger partial charge in [-0.2, -0.15) is 0 Å². The first-order valence-corrected chi connectivity index (χ1v) is 4.19. The molecule has 2 heterocycles. The van der Waals surface area contributed by atoms with E-state index in [0.29, 0.717) is 17.3 Å². The van der Waals surface area contributed by atoms with Gasteiger partial charge in [-0.3, -0.25) is 0 Å². The third-order valence-electron chi connectivity index (χ3n) is 1.78. The highest BCUT2D eigenvalue weighted by Gasteiger charge is 2.09. The van der Waals surface area contributed by atoms with Gasteiger partial charge in [-0.1, -0.05) is 13.8 Å². The average molecular weight is 177 g/mol. The summed E-state index contributed by atoms with van der Waals surface area (Å²) in [5, 5.41) is 0. The summed E-state index contributed by atoms with van der Waals surface area (Å²) < 4.78 is 5.41. The summed E-state index contributed by atoms with van der Waals surface area (Å²) in [5.74, 6) is 0.975. The first kappa shape index (κ1) is 8.04. The predicted molar refractivity (Wildman–Crippen MR) is 50.3 cm³/mol. The van der Waals surface area contributed by atoms with Gasteiger partial charge in [-0.15, -0.1) is 0 Å². The van der Waals surface area contributed by atoms with Crippen LogP contribution in [0.1, 0.15) is 25.7 Å². The lowest BCUT2D eigenvalue weighted by molar-refractivity contribution is 0.494. The second-order valence-electron chi connectivity index (χ2n) is 3.30. The van der Waals surface area contributed by atoms with Crippen molar-refractivity contribution in [3.05, 3.63) is 18.2 Å². The Kier molecular flexibility index (Phi) is 1.69. The quantitative estimate of drug-likeness (QED) is 0.722. The van der Waals surface area contributed by atoms with E-state index in [4.69, 9.17) is 10.2 Å². The number of oxazole rings is 1. The maximum Gasteiger partial charge on any atom is 0.247 e. The molecule has 4 nitrogen and oxygen atoms in total. The Morgan fingerprint density at radius 1 is 1.46 bits per heavy atom. The highest BCUT2D eigenvalue weighted by atomic mass is 16.4. The highest BCUT2D eigenvalue weighted by Crippen LogP contribution is 2.20. The lowest BCUT2D eigenvalue weighted by Gasteiger charge is -1.93. The fourth-order valence-corrected chi connectivity index (χ4v) is 1.10. The molecule has 0 unspecified atom stereocenters. The van der Waals surface area contributed by atoms with Crippen molar-refractivity contribution in [2.75, 3.05) is 5.73 Å². The van der Waals surface area contributed by atoms with Gasteiger partial charge in [0.1, 0.15) is 5.52 Å². The minimum atomic E-state index is 0.274. The van der Waals surface area contributed by atoms with E-state index in [0.717, 1.165) is 5.52 Å². The highest BCUT2D eigenvalue weighted by molar-refractivity contribution is 5.71. The minimum Gasteiger partial charge on any atom is -0.422 e. The van der Waals surface area contributed by atoms with Crippen LogP contribution in [-0.2, 0) is 0 Å². The zero-order valence-electron chi connectivity index (χ0n) is 7.61. The topological polar surface area (TPSA) is 64.9 Å². The van der Waals surface area contributed by atoms with Crippen LogP contribution in [0.15, 0.2) is 16.7 Å². The van der Waals surface area contributed by atoms with Crippen molar-refractivity contribution >= 4 is 16.9 Å². The third-order valence-corrected chi connectivity index (χ3v) is 1.78. The molecule has 0 spiro atoms. The van der Waals surface area contributed by atoms with Gasteiger partial charge < -0.3 is 10.2 Å². The predicted octanol–water partition coefficient (Wildman–Crippen LogP) is 1.93. The molecule has 0 aromatic carbocycles. The molecule has 0 aliphatic carbocycles. The second-order valence-corrected chi connectivity index (χ2v) is 3.30. The first-order chi connectivity index (χ1) is 6.16. The molecule has 68 valence electrons. The van der Waals surface area contributed by atoms with E-state index in [1.165, 1.54) is 0 Å². The summed E-state index contributed by atoms with van der Waals surface area (Å²) in [7, 11) is 0. The molecule has 2 aromatic rings. The number of hydrogen-bond acceptors (Lipinski definition) is 4. The Balaban J connectivity index is 2.62. The number of nitrogen functional groups attached to an aromatic ring is 1. The number of fused-ring (bicyclic) bond motifs is 1. The smallest absolute Gasteiger partial charge is 0.247 e. The Bertz CT molecular complexity index is 433. The van der Waals surface area contributed by atoms with Crippen LogP contribution in [0.4, 0.5) is 5.69 Å². The lowest BCUT2D eigenvalue weighted by Crippen LogP contribution is -1.86. The Morgan fingerprint density at radius 2 is 2.23 bits per heavy atom. The van der Waals surface area contributed by atoms with Gasteiger partial charge >= 0.3 is 0 Å². The molecule has 4 heteroatoms. The van der Waals surface area contributed by atoms with Crippen LogP contribution in [0.3, 0.4) is 0 Å². The molecule has 0 radical (unpaired) electrons. The molecule has 0 saturated carbocycles. The van der Waals surface area contributed by atoms with Crippen molar-refractivity contribution < 1.29 is 4.42 Å². The third kappa shape index (κ3) is 1.35. The monoisotopic (exact) mass is 177 g/mol.